The van der Waals surface area contributed by atoms with Gasteiger partial charge in [0.25, 0.3) is 0 Å². The molecule has 0 unspecified atom stereocenters. The molecule has 4 nitrogen and oxygen atoms in total. The van der Waals surface area contributed by atoms with Crippen LogP contribution in [0, 0.1) is 11.3 Å². The molecule has 1 saturated carbocycles. The highest BCUT2D eigenvalue weighted by Crippen LogP contribution is 2.43. The van der Waals surface area contributed by atoms with Crippen LogP contribution >= 0.6 is 0 Å². The third-order valence-electron chi connectivity index (χ3n) is 4.78. The van der Waals surface area contributed by atoms with Crippen LogP contribution in [-0.4, -0.2) is 32.6 Å². The molecule has 2 fully saturated rings. The lowest BCUT2D eigenvalue weighted by atomic mass is 9.70. The van der Waals surface area contributed by atoms with Crippen molar-refractivity contribution in [3.8, 4) is 0 Å². The lowest BCUT2D eigenvalue weighted by molar-refractivity contribution is -0.239. The molecule has 1 spiro atoms. The van der Waals surface area contributed by atoms with Crippen LogP contribution in [0.5, 0.6) is 0 Å². The van der Waals surface area contributed by atoms with Crippen LogP contribution in [0.3, 0.4) is 0 Å². The molecular formula is C15H30N2O2. The molecule has 0 aromatic carbocycles. The third kappa shape index (κ3) is 4.42. The van der Waals surface area contributed by atoms with Gasteiger partial charge in [-0.2, -0.15) is 0 Å². The third-order valence-corrected chi connectivity index (χ3v) is 4.78. The van der Waals surface area contributed by atoms with E-state index in [9.17, 15) is 0 Å². The Balaban J connectivity index is 1.69. The summed E-state index contributed by atoms with van der Waals surface area (Å²) in [6, 6.07) is 0. The molecule has 0 amide bonds. The second-order valence-electron chi connectivity index (χ2n) is 6.36. The van der Waals surface area contributed by atoms with E-state index in [4.69, 9.17) is 20.9 Å². The Hall–Kier alpha value is -0.160. The Labute approximate surface area is 117 Å². The van der Waals surface area contributed by atoms with Gasteiger partial charge >= 0.3 is 0 Å². The molecule has 0 radical (unpaired) electrons. The minimum Gasteiger partial charge on any atom is -0.352 e. The van der Waals surface area contributed by atoms with Crippen molar-refractivity contribution < 1.29 is 9.47 Å². The van der Waals surface area contributed by atoms with Crippen molar-refractivity contribution >= 4 is 0 Å². The van der Waals surface area contributed by atoms with E-state index in [0.29, 0.717) is 5.41 Å². The molecule has 1 aliphatic heterocycles. The fraction of sp³-hybridized carbons (Fsp3) is 1.00. The van der Waals surface area contributed by atoms with Gasteiger partial charge in [0.15, 0.2) is 6.29 Å². The van der Waals surface area contributed by atoms with Crippen molar-refractivity contribution in [2.24, 2.45) is 22.8 Å². The van der Waals surface area contributed by atoms with Crippen LogP contribution in [0.25, 0.3) is 0 Å². The zero-order valence-electron chi connectivity index (χ0n) is 12.1. The number of hydrogen-bond acceptors (Lipinski definition) is 4. The van der Waals surface area contributed by atoms with Crippen LogP contribution in [0.2, 0.25) is 0 Å². The van der Waals surface area contributed by atoms with E-state index in [1.165, 1.54) is 38.5 Å². The molecule has 1 heterocycles. The van der Waals surface area contributed by atoms with Gasteiger partial charge in [-0.1, -0.05) is 0 Å². The molecule has 112 valence electrons. The van der Waals surface area contributed by atoms with Crippen molar-refractivity contribution in [3.05, 3.63) is 0 Å². The molecule has 0 aromatic heterocycles. The molecular weight excluding hydrogens is 240 g/mol. The Morgan fingerprint density at radius 2 is 1.47 bits per heavy atom. The van der Waals surface area contributed by atoms with E-state index < -0.39 is 0 Å². The molecule has 19 heavy (non-hydrogen) atoms. The van der Waals surface area contributed by atoms with E-state index in [2.05, 4.69) is 0 Å². The summed E-state index contributed by atoms with van der Waals surface area (Å²) < 4.78 is 11.8. The summed E-state index contributed by atoms with van der Waals surface area (Å²) >= 11 is 0. The fourth-order valence-electron chi connectivity index (χ4n) is 3.35. The minimum absolute atomic E-state index is 0.0101. The standard InChI is InChI=1S/C15H30N2O2/c16-9-1-3-13-5-7-15(8-6-13)11-18-14(19-12-15)4-2-10-17/h13-14H,1-12,16-17H2. The van der Waals surface area contributed by atoms with E-state index in [-0.39, 0.29) is 6.29 Å². The first-order valence-corrected chi connectivity index (χ1v) is 7.91. The molecule has 0 bridgehead atoms. The topological polar surface area (TPSA) is 70.5 Å². The zero-order valence-corrected chi connectivity index (χ0v) is 12.1. The lowest BCUT2D eigenvalue weighted by Crippen LogP contribution is -2.44. The summed E-state index contributed by atoms with van der Waals surface area (Å²) in [4.78, 5) is 0. The van der Waals surface area contributed by atoms with E-state index in [1.807, 2.05) is 0 Å². The van der Waals surface area contributed by atoms with Crippen LogP contribution in [0.1, 0.15) is 51.4 Å². The van der Waals surface area contributed by atoms with Crippen LogP contribution < -0.4 is 11.5 Å². The monoisotopic (exact) mass is 270 g/mol. The summed E-state index contributed by atoms with van der Waals surface area (Å²) in [5.41, 5.74) is 11.4. The maximum Gasteiger partial charge on any atom is 0.157 e. The van der Waals surface area contributed by atoms with Crippen molar-refractivity contribution in [1.82, 2.24) is 0 Å². The highest BCUT2D eigenvalue weighted by Gasteiger charge is 2.39. The quantitative estimate of drug-likeness (QED) is 0.774. The van der Waals surface area contributed by atoms with Crippen LogP contribution in [0.15, 0.2) is 0 Å². The number of ether oxygens (including phenoxy) is 2. The summed E-state index contributed by atoms with van der Waals surface area (Å²) in [7, 11) is 0. The average molecular weight is 270 g/mol. The van der Waals surface area contributed by atoms with E-state index in [0.717, 1.165) is 45.1 Å². The maximum absolute atomic E-state index is 5.89. The summed E-state index contributed by atoms with van der Waals surface area (Å²) in [5, 5.41) is 0. The van der Waals surface area contributed by atoms with Crippen molar-refractivity contribution in [2.45, 2.75) is 57.7 Å². The molecule has 0 aromatic rings. The highest BCUT2D eigenvalue weighted by molar-refractivity contribution is 4.87. The summed E-state index contributed by atoms with van der Waals surface area (Å²) in [6.45, 7) is 3.31. The predicted octanol–water partition coefficient (Wildman–Crippen LogP) is 2.01. The van der Waals surface area contributed by atoms with Crippen LogP contribution in [0.4, 0.5) is 0 Å². The zero-order chi connectivity index (χ0) is 13.6. The van der Waals surface area contributed by atoms with Gasteiger partial charge < -0.3 is 20.9 Å². The smallest absolute Gasteiger partial charge is 0.157 e. The second kappa shape index (κ2) is 7.58. The first-order chi connectivity index (χ1) is 9.28. The maximum atomic E-state index is 5.89. The minimum atomic E-state index is -0.0101. The Bertz CT molecular complexity index is 215. The molecule has 4 N–H and O–H groups in total. The molecule has 1 saturated heterocycles. The van der Waals surface area contributed by atoms with Gasteiger partial charge in [0.05, 0.1) is 13.2 Å². The number of rotatable bonds is 6. The van der Waals surface area contributed by atoms with Gasteiger partial charge in [0, 0.05) is 5.41 Å². The Kier molecular flexibility index (Phi) is 6.07. The van der Waals surface area contributed by atoms with E-state index in [1.54, 1.807) is 0 Å². The Morgan fingerprint density at radius 3 is 2.05 bits per heavy atom. The van der Waals surface area contributed by atoms with Gasteiger partial charge in [-0.15, -0.1) is 0 Å². The van der Waals surface area contributed by atoms with Crippen molar-refractivity contribution in [2.75, 3.05) is 26.3 Å². The van der Waals surface area contributed by atoms with Crippen molar-refractivity contribution in [1.29, 1.82) is 0 Å². The SMILES string of the molecule is NCCCC1CCC2(CC1)COC(CCCN)OC2. The van der Waals surface area contributed by atoms with Crippen LogP contribution in [-0.2, 0) is 9.47 Å². The average Bonchev–Trinajstić information content (AvgIpc) is 2.46. The van der Waals surface area contributed by atoms with Gasteiger partial charge in [0.2, 0.25) is 0 Å². The first-order valence-electron chi connectivity index (χ1n) is 7.91. The highest BCUT2D eigenvalue weighted by atomic mass is 16.7. The van der Waals surface area contributed by atoms with Crippen molar-refractivity contribution in [3.63, 3.8) is 0 Å². The lowest BCUT2D eigenvalue weighted by Gasteiger charge is -2.44. The van der Waals surface area contributed by atoms with Gasteiger partial charge in [0.1, 0.15) is 0 Å². The predicted molar refractivity (Wildman–Crippen MR) is 76.7 cm³/mol. The number of nitrogens with two attached hydrogens (primary N) is 2. The van der Waals surface area contributed by atoms with Gasteiger partial charge in [-0.3, -0.25) is 0 Å². The molecule has 4 heteroatoms. The van der Waals surface area contributed by atoms with Gasteiger partial charge in [-0.25, -0.2) is 0 Å². The molecule has 1 aliphatic carbocycles. The normalized spacial score (nSPS) is 35.7. The summed E-state index contributed by atoms with van der Waals surface area (Å²) in [5.74, 6) is 0.879. The first kappa shape index (κ1) is 15.2. The molecule has 0 atom stereocenters. The molecule has 2 aliphatic rings. The molecule has 2 rings (SSSR count). The largest absolute Gasteiger partial charge is 0.352 e. The Morgan fingerprint density at radius 1 is 0.895 bits per heavy atom. The fourth-order valence-corrected chi connectivity index (χ4v) is 3.35. The second-order valence-corrected chi connectivity index (χ2v) is 6.36. The number of hydrogen-bond donors (Lipinski definition) is 2. The summed E-state index contributed by atoms with van der Waals surface area (Å²) in [6.07, 6.45) is 9.53. The van der Waals surface area contributed by atoms with Gasteiger partial charge in [-0.05, 0) is 70.4 Å². The van der Waals surface area contributed by atoms with E-state index >= 15 is 0 Å².